The number of hydrogen-bond donors (Lipinski definition) is 2. The first-order chi connectivity index (χ1) is 9.67. The number of nitrogens with zero attached hydrogens (tertiary/aromatic N) is 2. The molecule has 5 heteroatoms. The predicted octanol–water partition coefficient (Wildman–Crippen LogP) is 3.44. The Balaban J connectivity index is 2.04. The van der Waals surface area contributed by atoms with Crippen molar-refractivity contribution < 1.29 is 4.74 Å². The van der Waals surface area contributed by atoms with Gasteiger partial charge in [-0.1, -0.05) is 0 Å². The molecule has 0 aliphatic rings. The molecular formula is C15H20N4O. The fourth-order valence-corrected chi connectivity index (χ4v) is 1.73. The van der Waals surface area contributed by atoms with Crippen LogP contribution in [0.2, 0.25) is 0 Å². The molecule has 0 aliphatic carbocycles. The first-order valence-corrected chi connectivity index (χ1v) is 6.77. The molecule has 0 spiro atoms. The Hall–Kier alpha value is -2.30. The van der Waals surface area contributed by atoms with Crippen LogP contribution in [0.25, 0.3) is 0 Å². The van der Waals surface area contributed by atoms with Crippen LogP contribution in [0.3, 0.4) is 0 Å². The third-order valence-corrected chi connectivity index (χ3v) is 2.49. The van der Waals surface area contributed by atoms with E-state index in [-0.39, 0.29) is 6.10 Å². The van der Waals surface area contributed by atoms with Crippen LogP contribution in [-0.4, -0.2) is 22.6 Å². The Morgan fingerprint density at radius 3 is 2.45 bits per heavy atom. The van der Waals surface area contributed by atoms with Crippen LogP contribution in [0.1, 0.15) is 20.8 Å². The zero-order valence-electron chi connectivity index (χ0n) is 12.1. The molecule has 0 unspecified atom stereocenters. The third kappa shape index (κ3) is 4.12. The Morgan fingerprint density at radius 1 is 1.10 bits per heavy atom. The summed E-state index contributed by atoms with van der Waals surface area (Å²) in [5, 5.41) is 6.34. The molecule has 2 rings (SSSR count). The van der Waals surface area contributed by atoms with Crippen molar-refractivity contribution in [2.75, 3.05) is 17.2 Å². The van der Waals surface area contributed by atoms with Gasteiger partial charge in [-0.2, -0.15) is 0 Å². The molecule has 0 aliphatic heterocycles. The topological polar surface area (TPSA) is 59.1 Å². The minimum atomic E-state index is 0.177. The molecule has 20 heavy (non-hydrogen) atoms. The lowest BCUT2D eigenvalue weighted by Crippen LogP contribution is -2.05. The molecule has 5 nitrogen and oxygen atoms in total. The fraction of sp³-hybridized carbons (Fsp3) is 0.333. The van der Waals surface area contributed by atoms with Crippen molar-refractivity contribution in [3.63, 3.8) is 0 Å². The molecule has 0 amide bonds. The van der Waals surface area contributed by atoms with Crippen LogP contribution in [0.4, 0.5) is 17.3 Å². The van der Waals surface area contributed by atoms with E-state index >= 15 is 0 Å². The van der Waals surface area contributed by atoms with Crippen molar-refractivity contribution in [1.29, 1.82) is 0 Å². The average molecular weight is 272 g/mol. The summed E-state index contributed by atoms with van der Waals surface area (Å²) in [5.74, 6) is 2.33. The molecular weight excluding hydrogens is 252 g/mol. The lowest BCUT2D eigenvalue weighted by molar-refractivity contribution is 0.242. The average Bonchev–Trinajstić information content (AvgIpc) is 2.41. The highest BCUT2D eigenvalue weighted by molar-refractivity contribution is 5.57. The van der Waals surface area contributed by atoms with E-state index in [2.05, 4.69) is 20.6 Å². The molecule has 0 radical (unpaired) electrons. The first-order valence-electron chi connectivity index (χ1n) is 6.77. The van der Waals surface area contributed by atoms with E-state index in [9.17, 15) is 0 Å². The standard InChI is InChI=1S/C15H20N4O/c1-4-17-14-9-16-10-15(19-14)18-12-5-7-13(8-6-12)20-11(2)3/h5-11H,4H2,1-3H3,(H2,17,18,19). The van der Waals surface area contributed by atoms with Gasteiger partial charge in [0.25, 0.3) is 0 Å². The number of anilines is 3. The summed E-state index contributed by atoms with van der Waals surface area (Å²) in [7, 11) is 0. The van der Waals surface area contributed by atoms with Crippen molar-refractivity contribution in [2.24, 2.45) is 0 Å². The van der Waals surface area contributed by atoms with E-state index in [1.165, 1.54) is 0 Å². The Kier molecular flexibility index (Phi) is 4.76. The van der Waals surface area contributed by atoms with Gasteiger partial charge in [-0.05, 0) is 45.0 Å². The maximum Gasteiger partial charge on any atom is 0.151 e. The summed E-state index contributed by atoms with van der Waals surface area (Å²) in [6, 6.07) is 7.78. The molecule has 0 atom stereocenters. The Labute approximate surface area is 119 Å². The molecule has 0 fully saturated rings. The van der Waals surface area contributed by atoms with Gasteiger partial charge in [-0.25, -0.2) is 4.98 Å². The molecule has 0 saturated heterocycles. The minimum Gasteiger partial charge on any atom is -0.491 e. The van der Waals surface area contributed by atoms with Crippen LogP contribution in [0.5, 0.6) is 5.75 Å². The largest absolute Gasteiger partial charge is 0.491 e. The van der Waals surface area contributed by atoms with E-state index < -0.39 is 0 Å². The smallest absolute Gasteiger partial charge is 0.151 e. The van der Waals surface area contributed by atoms with Gasteiger partial charge < -0.3 is 15.4 Å². The molecule has 0 bridgehead atoms. The van der Waals surface area contributed by atoms with Crippen LogP contribution < -0.4 is 15.4 Å². The summed E-state index contributed by atoms with van der Waals surface area (Å²) in [6.45, 7) is 6.86. The monoisotopic (exact) mass is 272 g/mol. The molecule has 2 aromatic rings. The van der Waals surface area contributed by atoms with Gasteiger partial charge in [0.1, 0.15) is 11.6 Å². The zero-order valence-corrected chi connectivity index (χ0v) is 12.1. The van der Waals surface area contributed by atoms with Crippen LogP contribution in [0, 0.1) is 0 Å². The highest BCUT2D eigenvalue weighted by Gasteiger charge is 2.01. The zero-order chi connectivity index (χ0) is 14.4. The SMILES string of the molecule is CCNc1cncc(Nc2ccc(OC(C)C)cc2)n1. The third-order valence-electron chi connectivity index (χ3n) is 2.49. The van der Waals surface area contributed by atoms with Gasteiger partial charge in [-0.15, -0.1) is 0 Å². The van der Waals surface area contributed by atoms with Gasteiger partial charge in [0.15, 0.2) is 5.82 Å². The number of nitrogens with one attached hydrogen (secondary N) is 2. The van der Waals surface area contributed by atoms with Crippen LogP contribution >= 0.6 is 0 Å². The van der Waals surface area contributed by atoms with Crippen LogP contribution in [0.15, 0.2) is 36.7 Å². The van der Waals surface area contributed by atoms with Gasteiger partial charge in [0.05, 0.1) is 18.5 Å². The quantitative estimate of drug-likeness (QED) is 0.843. The van der Waals surface area contributed by atoms with E-state index in [0.717, 1.165) is 23.8 Å². The maximum atomic E-state index is 5.60. The molecule has 1 aromatic carbocycles. The highest BCUT2D eigenvalue weighted by Crippen LogP contribution is 2.20. The molecule has 1 aromatic heterocycles. The van der Waals surface area contributed by atoms with Crippen LogP contribution in [-0.2, 0) is 0 Å². The summed E-state index contributed by atoms with van der Waals surface area (Å²) in [4.78, 5) is 8.56. The second kappa shape index (κ2) is 6.75. The summed E-state index contributed by atoms with van der Waals surface area (Å²) < 4.78 is 5.60. The number of rotatable bonds is 6. The number of benzene rings is 1. The highest BCUT2D eigenvalue weighted by atomic mass is 16.5. The van der Waals surface area contributed by atoms with Gasteiger partial charge >= 0.3 is 0 Å². The Morgan fingerprint density at radius 2 is 1.80 bits per heavy atom. The second-order valence-electron chi connectivity index (χ2n) is 4.64. The van der Waals surface area contributed by atoms with Gasteiger partial charge in [0, 0.05) is 12.2 Å². The molecule has 106 valence electrons. The predicted molar refractivity (Wildman–Crippen MR) is 81.7 cm³/mol. The van der Waals surface area contributed by atoms with Crippen molar-refractivity contribution >= 4 is 17.3 Å². The van der Waals surface area contributed by atoms with E-state index in [1.54, 1.807) is 12.4 Å². The van der Waals surface area contributed by atoms with Gasteiger partial charge in [0.2, 0.25) is 0 Å². The summed E-state index contributed by atoms with van der Waals surface area (Å²) >= 11 is 0. The summed E-state index contributed by atoms with van der Waals surface area (Å²) in [5.41, 5.74) is 0.948. The normalized spacial score (nSPS) is 10.4. The molecule has 1 heterocycles. The maximum absolute atomic E-state index is 5.60. The number of aromatic nitrogens is 2. The molecule has 0 saturated carbocycles. The minimum absolute atomic E-state index is 0.177. The Bertz CT molecular complexity index is 540. The second-order valence-corrected chi connectivity index (χ2v) is 4.64. The first kappa shape index (κ1) is 14.1. The lowest BCUT2D eigenvalue weighted by atomic mass is 10.3. The van der Waals surface area contributed by atoms with E-state index in [4.69, 9.17) is 4.74 Å². The molecule has 2 N–H and O–H groups in total. The number of ether oxygens (including phenoxy) is 1. The van der Waals surface area contributed by atoms with Crippen molar-refractivity contribution in [3.05, 3.63) is 36.7 Å². The lowest BCUT2D eigenvalue weighted by Gasteiger charge is -2.11. The van der Waals surface area contributed by atoms with Crippen molar-refractivity contribution in [1.82, 2.24) is 9.97 Å². The van der Waals surface area contributed by atoms with Crippen molar-refractivity contribution in [3.8, 4) is 5.75 Å². The van der Waals surface area contributed by atoms with E-state index in [0.29, 0.717) is 5.82 Å². The number of hydrogen-bond acceptors (Lipinski definition) is 5. The van der Waals surface area contributed by atoms with Crippen molar-refractivity contribution in [2.45, 2.75) is 26.9 Å². The van der Waals surface area contributed by atoms with Gasteiger partial charge in [-0.3, -0.25) is 4.98 Å². The summed E-state index contributed by atoms with van der Waals surface area (Å²) in [6.07, 6.45) is 3.57. The fourth-order valence-electron chi connectivity index (χ4n) is 1.73. The van der Waals surface area contributed by atoms with E-state index in [1.807, 2.05) is 45.0 Å².